The van der Waals surface area contributed by atoms with E-state index in [1.54, 1.807) is 60.3 Å². The number of thioether (sulfide) groups is 1. The number of rotatable bonds is 8. The largest absolute Gasteiger partial charge is 0.340 e. The van der Waals surface area contributed by atoms with E-state index >= 15 is 0 Å². The van der Waals surface area contributed by atoms with E-state index in [9.17, 15) is 9.59 Å². The van der Waals surface area contributed by atoms with Gasteiger partial charge in [-0.3, -0.25) is 9.59 Å². The van der Waals surface area contributed by atoms with E-state index in [1.165, 1.54) is 0 Å². The van der Waals surface area contributed by atoms with Crippen molar-refractivity contribution in [2.45, 2.75) is 18.9 Å². The molecule has 0 saturated heterocycles. The van der Waals surface area contributed by atoms with Crippen molar-refractivity contribution in [3.63, 3.8) is 0 Å². The Kier molecular flexibility index (Phi) is 8.18. The Labute approximate surface area is 168 Å². The molecule has 0 bridgehead atoms. The van der Waals surface area contributed by atoms with E-state index in [-0.39, 0.29) is 11.8 Å². The molecule has 5 nitrogen and oxygen atoms in total. The van der Waals surface area contributed by atoms with E-state index in [0.29, 0.717) is 29.1 Å². The number of nitrogens with one attached hydrogen (secondary N) is 2. The minimum absolute atomic E-state index is 0.294. The lowest BCUT2D eigenvalue weighted by atomic mass is 10.1. The molecule has 140 valence electrons. The van der Waals surface area contributed by atoms with Crippen LogP contribution in [-0.2, 0) is 11.2 Å². The number of anilines is 1. The number of hydrogen-bond donors (Lipinski definition) is 2. The Morgan fingerprint density at radius 3 is 2.52 bits per heavy atom. The van der Waals surface area contributed by atoms with Crippen molar-refractivity contribution in [3.8, 4) is 6.07 Å². The average molecular weight is 402 g/mol. The highest BCUT2D eigenvalue weighted by Gasteiger charge is 2.22. The summed E-state index contributed by atoms with van der Waals surface area (Å²) in [6.45, 7) is 0. The summed E-state index contributed by atoms with van der Waals surface area (Å²) in [6, 6.07) is 15.2. The Balaban J connectivity index is 2.07. The first-order valence-corrected chi connectivity index (χ1v) is 10.1. The molecule has 7 heteroatoms. The molecule has 2 aromatic carbocycles. The van der Waals surface area contributed by atoms with Gasteiger partial charge in [0.05, 0.1) is 23.1 Å². The number of nitriles is 1. The molecule has 0 aliphatic carbocycles. The topological polar surface area (TPSA) is 82.0 Å². The van der Waals surface area contributed by atoms with Crippen LogP contribution in [0.4, 0.5) is 5.69 Å². The second kappa shape index (κ2) is 10.6. The van der Waals surface area contributed by atoms with Gasteiger partial charge in [-0.05, 0) is 48.3 Å². The van der Waals surface area contributed by atoms with Crippen LogP contribution in [0.15, 0.2) is 48.5 Å². The molecule has 0 radical (unpaired) electrons. The first-order valence-electron chi connectivity index (χ1n) is 8.36. The van der Waals surface area contributed by atoms with Crippen molar-refractivity contribution in [2.24, 2.45) is 0 Å². The van der Waals surface area contributed by atoms with E-state index in [2.05, 4.69) is 16.7 Å². The van der Waals surface area contributed by atoms with Crippen molar-refractivity contribution >= 4 is 40.9 Å². The normalized spacial score (nSPS) is 11.3. The van der Waals surface area contributed by atoms with Gasteiger partial charge in [0.2, 0.25) is 5.91 Å². The molecule has 0 aliphatic rings. The molecule has 0 fully saturated rings. The summed E-state index contributed by atoms with van der Waals surface area (Å²) in [5.74, 6) is 0.0471. The average Bonchev–Trinajstić information content (AvgIpc) is 2.67. The zero-order chi connectivity index (χ0) is 19.6. The van der Waals surface area contributed by atoms with Crippen LogP contribution in [0.3, 0.4) is 0 Å². The minimum atomic E-state index is -0.681. The van der Waals surface area contributed by atoms with Crippen LogP contribution in [0, 0.1) is 11.3 Å². The Bertz CT molecular complexity index is 834. The number of halogens is 1. The van der Waals surface area contributed by atoms with Gasteiger partial charge < -0.3 is 10.6 Å². The summed E-state index contributed by atoms with van der Waals surface area (Å²) in [6.07, 6.45) is 2.76. The van der Waals surface area contributed by atoms with Crippen molar-refractivity contribution in [3.05, 3.63) is 64.7 Å². The van der Waals surface area contributed by atoms with Gasteiger partial charge in [0.15, 0.2) is 0 Å². The lowest BCUT2D eigenvalue weighted by Crippen LogP contribution is -2.44. The van der Waals surface area contributed by atoms with E-state index in [0.717, 1.165) is 11.3 Å². The maximum absolute atomic E-state index is 12.7. The molecule has 2 rings (SSSR count). The SMILES string of the molecule is CSCCC(NC(=O)c1ccccc1Cl)C(=O)Nc1ccc(CC#N)cc1. The third kappa shape index (κ3) is 6.31. The highest BCUT2D eigenvalue weighted by molar-refractivity contribution is 7.98. The second-order valence-corrected chi connectivity index (χ2v) is 7.20. The molecular weight excluding hydrogens is 382 g/mol. The maximum Gasteiger partial charge on any atom is 0.253 e. The van der Waals surface area contributed by atoms with Crippen molar-refractivity contribution in [1.82, 2.24) is 5.32 Å². The maximum atomic E-state index is 12.7. The molecule has 0 aliphatic heterocycles. The minimum Gasteiger partial charge on any atom is -0.340 e. The smallest absolute Gasteiger partial charge is 0.253 e. The van der Waals surface area contributed by atoms with Gasteiger partial charge in [0, 0.05) is 5.69 Å². The fourth-order valence-corrected chi connectivity index (χ4v) is 3.11. The standard InChI is InChI=1S/C20H20ClN3O2S/c1-27-13-11-18(24-19(25)16-4-2-3-5-17(16)21)20(26)23-15-8-6-14(7-9-15)10-12-22/h2-9,18H,10-11,13H2,1H3,(H,23,26)(H,24,25). The third-order valence-electron chi connectivity index (χ3n) is 3.86. The van der Waals surface area contributed by atoms with Crippen LogP contribution in [0.5, 0.6) is 0 Å². The highest BCUT2D eigenvalue weighted by Crippen LogP contribution is 2.16. The lowest BCUT2D eigenvalue weighted by molar-refractivity contribution is -0.118. The van der Waals surface area contributed by atoms with Gasteiger partial charge in [0.1, 0.15) is 6.04 Å². The Hall–Kier alpha value is -2.49. The summed E-state index contributed by atoms with van der Waals surface area (Å²) in [5, 5.41) is 14.6. The van der Waals surface area contributed by atoms with Gasteiger partial charge in [-0.1, -0.05) is 35.9 Å². The monoisotopic (exact) mass is 401 g/mol. The zero-order valence-corrected chi connectivity index (χ0v) is 16.4. The quantitative estimate of drug-likeness (QED) is 0.702. The number of carbonyl (C=O) groups is 2. The van der Waals surface area contributed by atoms with Crippen molar-refractivity contribution in [2.75, 3.05) is 17.3 Å². The number of amides is 2. The van der Waals surface area contributed by atoms with Crippen LogP contribution in [0.25, 0.3) is 0 Å². The van der Waals surface area contributed by atoms with E-state index in [1.807, 2.05) is 6.26 Å². The highest BCUT2D eigenvalue weighted by atomic mass is 35.5. The number of carbonyl (C=O) groups excluding carboxylic acids is 2. The first kappa shape index (κ1) is 20.8. The Morgan fingerprint density at radius 2 is 1.89 bits per heavy atom. The molecule has 0 aromatic heterocycles. The summed E-state index contributed by atoms with van der Waals surface area (Å²) in [5.41, 5.74) is 1.83. The molecule has 1 unspecified atom stereocenters. The molecule has 0 spiro atoms. The van der Waals surface area contributed by atoms with Gasteiger partial charge in [0.25, 0.3) is 5.91 Å². The molecule has 2 amide bonds. The predicted octanol–water partition coefficient (Wildman–Crippen LogP) is 3.90. The molecule has 27 heavy (non-hydrogen) atoms. The van der Waals surface area contributed by atoms with Gasteiger partial charge >= 0.3 is 0 Å². The summed E-state index contributed by atoms with van der Waals surface area (Å²) < 4.78 is 0. The van der Waals surface area contributed by atoms with Crippen LogP contribution in [0.2, 0.25) is 5.02 Å². The molecule has 2 N–H and O–H groups in total. The molecule has 2 aromatic rings. The van der Waals surface area contributed by atoms with E-state index in [4.69, 9.17) is 16.9 Å². The molecule has 1 atom stereocenters. The summed E-state index contributed by atoms with van der Waals surface area (Å²) in [4.78, 5) is 25.2. The number of hydrogen-bond acceptors (Lipinski definition) is 4. The summed E-state index contributed by atoms with van der Waals surface area (Å²) in [7, 11) is 0. The number of nitrogens with zero attached hydrogens (tertiary/aromatic N) is 1. The van der Waals surface area contributed by atoms with E-state index < -0.39 is 6.04 Å². The second-order valence-electron chi connectivity index (χ2n) is 5.81. The fourth-order valence-electron chi connectivity index (χ4n) is 2.41. The van der Waals surface area contributed by atoms with Crippen LogP contribution >= 0.6 is 23.4 Å². The number of benzene rings is 2. The van der Waals surface area contributed by atoms with Crippen molar-refractivity contribution in [1.29, 1.82) is 5.26 Å². The van der Waals surface area contributed by atoms with Crippen LogP contribution < -0.4 is 10.6 Å². The van der Waals surface area contributed by atoms with Crippen LogP contribution in [-0.4, -0.2) is 29.9 Å². The fraction of sp³-hybridized carbons (Fsp3) is 0.250. The Morgan fingerprint density at radius 1 is 1.19 bits per heavy atom. The van der Waals surface area contributed by atoms with Crippen molar-refractivity contribution < 1.29 is 9.59 Å². The third-order valence-corrected chi connectivity index (χ3v) is 4.83. The van der Waals surface area contributed by atoms with Gasteiger partial charge in [-0.25, -0.2) is 0 Å². The lowest BCUT2D eigenvalue weighted by Gasteiger charge is -2.18. The zero-order valence-electron chi connectivity index (χ0n) is 14.9. The summed E-state index contributed by atoms with van der Waals surface area (Å²) >= 11 is 7.67. The molecule has 0 heterocycles. The van der Waals surface area contributed by atoms with Gasteiger partial charge in [-0.15, -0.1) is 0 Å². The molecular formula is C20H20ClN3O2S. The van der Waals surface area contributed by atoms with Gasteiger partial charge in [-0.2, -0.15) is 17.0 Å². The van der Waals surface area contributed by atoms with Crippen LogP contribution in [0.1, 0.15) is 22.3 Å². The molecule has 0 saturated carbocycles. The first-order chi connectivity index (χ1) is 13.0. The predicted molar refractivity (Wildman–Crippen MR) is 110 cm³/mol.